The maximum absolute atomic E-state index is 14.7. The van der Waals surface area contributed by atoms with Crippen molar-refractivity contribution < 1.29 is 18.7 Å². The predicted molar refractivity (Wildman–Crippen MR) is 132 cm³/mol. The average Bonchev–Trinajstić information content (AvgIpc) is 2.74. The lowest BCUT2D eigenvalue weighted by molar-refractivity contribution is -0.118. The number of aromatic nitrogens is 1. The Morgan fingerprint density at radius 2 is 1.71 bits per heavy atom. The number of carbonyl (C=O) groups is 2. The molecule has 3 rings (SSSR count). The fourth-order valence-electron chi connectivity index (χ4n) is 3.56. The van der Waals surface area contributed by atoms with Gasteiger partial charge in [-0.2, -0.15) is 0 Å². The van der Waals surface area contributed by atoms with Crippen LogP contribution in [0.4, 0.5) is 4.39 Å². The van der Waals surface area contributed by atoms with Crippen LogP contribution in [0.25, 0.3) is 0 Å². The van der Waals surface area contributed by atoms with Gasteiger partial charge in [-0.15, -0.1) is 0 Å². The van der Waals surface area contributed by atoms with Crippen molar-refractivity contribution in [2.24, 2.45) is 0 Å². The first-order valence-corrected chi connectivity index (χ1v) is 11.5. The smallest absolute Gasteiger partial charge is 0.141 e. The summed E-state index contributed by atoms with van der Waals surface area (Å²) in [5.74, 6) is -0.218. The van der Waals surface area contributed by atoms with Crippen molar-refractivity contribution in [3.8, 4) is 5.75 Å². The highest BCUT2D eigenvalue weighted by Gasteiger charge is 2.17. The minimum absolute atomic E-state index is 0.0268. The van der Waals surface area contributed by atoms with Crippen LogP contribution < -0.4 is 4.74 Å². The molecular weight excluding hydrogens is 453 g/mol. The molecule has 0 amide bonds. The number of pyridine rings is 1. The van der Waals surface area contributed by atoms with Gasteiger partial charge in [-0.1, -0.05) is 50.6 Å². The van der Waals surface area contributed by atoms with Gasteiger partial charge in [0, 0.05) is 42.2 Å². The molecule has 4 nitrogen and oxygen atoms in total. The van der Waals surface area contributed by atoms with Gasteiger partial charge in [-0.25, -0.2) is 4.39 Å². The van der Waals surface area contributed by atoms with Crippen molar-refractivity contribution in [2.75, 3.05) is 0 Å². The summed E-state index contributed by atoms with van der Waals surface area (Å²) in [5.41, 5.74) is 3.60. The number of ketones is 2. The van der Waals surface area contributed by atoms with Gasteiger partial charge in [0.05, 0.1) is 0 Å². The summed E-state index contributed by atoms with van der Waals surface area (Å²) in [6.45, 7) is 8.02. The quantitative estimate of drug-likeness (QED) is 0.363. The molecule has 0 unspecified atom stereocenters. The number of ether oxygens (including phenoxy) is 1. The highest BCUT2D eigenvalue weighted by Crippen LogP contribution is 2.27. The standard InChI is InChI=1S/C28H29ClFNO3/c1-18(32)11-23-12-19(9-10-31-23)17-34-25-7-5-20(27(30)16-25)14-24(33)15-21-13-22(28(2,3)4)6-8-26(21)29/h5-10,12-13,16H,11,14-15,17H2,1-4H3. The van der Waals surface area contributed by atoms with E-state index in [1.54, 1.807) is 30.5 Å². The number of nitrogens with zero attached hydrogens (tertiary/aromatic N) is 1. The Labute approximate surface area is 205 Å². The van der Waals surface area contributed by atoms with Crippen LogP contribution in [-0.2, 0) is 40.9 Å². The summed E-state index contributed by atoms with van der Waals surface area (Å²) in [6, 6.07) is 13.8. The van der Waals surface area contributed by atoms with E-state index >= 15 is 0 Å². The van der Waals surface area contributed by atoms with E-state index in [0.29, 0.717) is 22.0 Å². The minimum Gasteiger partial charge on any atom is -0.489 e. The van der Waals surface area contributed by atoms with Crippen molar-refractivity contribution in [1.82, 2.24) is 4.98 Å². The van der Waals surface area contributed by atoms with E-state index in [2.05, 4.69) is 25.8 Å². The van der Waals surface area contributed by atoms with Crippen LogP contribution in [0.5, 0.6) is 5.75 Å². The molecular formula is C28H29ClFNO3. The molecule has 3 aromatic rings. The number of halogens is 2. The third-order valence-electron chi connectivity index (χ3n) is 5.43. The number of hydrogen-bond donors (Lipinski definition) is 0. The molecule has 0 bridgehead atoms. The maximum atomic E-state index is 14.7. The first kappa shape index (κ1) is 25.6. The van der Waals surface area contributed by atoms with Gasteiger partial charge in [0.1, 0.15) is 29.7 Å². The largest absolute Gasteiger partial charge is 0.489 e. The third kappa shape index (κ3) is 7.22. The zero-order valence-electron chi connectivity index (χ0n) is 20.0. The van der Waals surface area contributed by atoms with Crippen molar-refractivity contribution in [1.29, 1.82) is 0 Å². The molecule has 6 heteroatoms. The van der Waals surface area contributed by atoms with Crippen LogP contribution >= 0.6 is 11.6 Å². The molecule has 0 fully saturated rings. The van der Waals surface area contributed by atoms with Gasteiger partial charge in [-0.3, -0.25) is 14.6 Å². The zero-order valence-corrected chi connectivity index (χ0v) is 20.7. The van der Waals surface area contributed by atoms with Crippen molar-refractivity contribution in [2.45, 2.75) is 59.0 Å². The fourth-order valence-corrected chi connectivity index (χ4v) is 3.75. The maximum Gasteiger partial charge on any atom is 0.141 e. The molecule has 0 saturated carbocycles. The fraction of sp³-hybridized carbons (Fsp3) is 0.321. The number of benzene rings is 2. The van der Waals surface area contributed by atoms with Crippen LogP contribution in [0.2, 0.25) is 5.02 Å². The highest BCUT2D eigenvalue weighted by atomic mass is 35.5. The summed E-state index contributed by atoms with van der Waals surface area (Å²) >= 11 is 6.30. The van der Waals surface area contributed by atoms with Crippen LogP contribution in [0.15, 0.2) is 54.7 Å². The highest BCUT2D eigenvalue weighted by molar-refractivity contribution is 6.31. The van der Waals surface area contributed by atoms with Gasteiger partial charge in [0.15, 0.2) is 0 Å². The molecule has 1 heterocycles. The molecule has 0 saturated heterocycles. The molecule has 0 aliphatic heterocycles. The van der Waals surface area contributed by atoms with Crippen LogP contribution in [0, 0.1) is 5.82 Å². The van der Waals surface area contributed by atoms with Crippen molar-refractivity contribution in [3.63, 3.8) is 0 Å². The lowest BCUT2D eigenvalue weighted by Gasteiger charge is -2.20. The number of carbonyl (C=O) groups excluding carboxylic acids is 2. The first-order valence-electron chi connectivity index (χ1n) is 11.2. The Kier molecular flexibility index (Phi) is 8.21. The number of Topliss-reactive ketones (excluding diaryl/α,β-unsaturated/α-hetero) is 2. The second kappa shape index (κ2) is 10.9. The van der Waals surface area contributed by atoms with E-state index in [1.165, 1.54) is 13.0 Å². The van der Waals surface area contributed by atoms with Crippen molar-refractivity contribution >= 4 is 23.2 Å². The van der Waals surface area contributed by atoms with Crippen molar-refractivity contribution in [3.05, 3.63) is 93.5 Å². The van der Waals surface area contributed by atoms with Crippen LogP contribution in [-0.4, -0.2) is 16.6 Å². The van der Waals surface area contributed by atoms with Gasteiger partial charge < -0.3 is 4.74 Å². The lowest BCUT2D eigenvalue weighted by Crippen LogP contribution is -2.13. The predicted octanol–water partition coefficient (Wildman–Crippen LogP) is 6.24. The summed E-state index contributed by atoms with van der Waals surface area (Å²) in [5, 5.41) is 0.535. The topological polar surface area (TPSA) is 56.3 Å². The van der Waals surface area contributed by atoms with E-state index in [4.69, 9.17) is 16.3 Å². The molecule has 34 heavy (non-hydrogen) atoms. The Bertz CT molecular complexity index is 1200. The van der Waals surface area contributed by atoms with Gasteiger partial charge in [0.25, 0.3) is 0 Å². The molecule has 0 spiro atoms. The Morgan fingerprint density at radius 3 is 2.38 bits per heavy atom. The molecule has 2 aromatic carbocycles. The summed E-state index contributed by atoms with van der Waals surface area (Å²) in [7, 11) is 0. The van der Waals surface area contributed by atoms with Gasteiger partial charge in [-0.05, 0) is 58.9 Å². The first-order chi connectivity index (χ1) is 16.0. The molecule has 0 N–H and O–H groups in total. The molecule has 0 atom stereocenters. The molecule has 0 radical (unpaired) electrons. The Morgan fingerprint density at radius 1 is 0.971 bits per heavy atom. The van der Waals surface area contributed by atoms with E-state index in [9.17, 15) is 14.0 Å². The monoisotopic (exact) mass is 481 g/mol. The summed E-state index contributed by atoms with van der Waals surface area (Å²) in [6.07, 6.45) is 2.00. The lowest BCUT2D eigenvalue weighted by atomic mass is 9.85. The van der Waals surface area contributed by atoms with E-state index in [1.807, 2.05) is 18.2 Å². The minimum atomic E-state index is -0.493. The summed E-state index contributed by atoms with van der Waals surface area (Å²) in [4.78, 5) is 28.1. The number of hydrogen-bond acceptors (Lipinski definition) is 4. The average molecular weight is 482 g/mol. The van der Waals surface area contributed by atoms with E-state index in [-0.39, 0.29) is 42.9 Å². The molecule has 0 aliphatic carbocycles. The zero-order chi connectivity index (χ0) is 24.9. The van der Waals surface area contributed by atoms with Crippen LogP contribution in [0.1, 0.15) is 55.6 Å². The molecule has 1 aromatic heterocycles. The van der Waals surface area contributed by atoms with E-state index < -0.39 is 5.82 Å². The van der Waals surface area contributed by atoms with E-state index in [0.717, 1.165) is 16.7 Å². The third-order valence-corrected chi connectivity index (χ3v) is 5.80. The SMILES string of the molecule is CC(=O)Cc1cc(COc2ccc(CC(=O)Cc3cc(C(C)(C)C)ccc3Cl)c(F)c2)ccn1. The normalized spacial score (nSPS) is 11.4. The second-order valence-corrected chi connectivity index (χ2v) is 9.93. The second-order valence-electron chi connectivity index (χ2n) is 9.52. The van der Waals surface area contributed by atoms with Gasteiger partial charge in [0.2, 0.25) is 0 Å². The molecule has 178 valence electrons. The van der Waals surface area contributed by atoms with Gasteiger partial charge >= 0.3 is 0 Å². The Balaban J connectivity index is 1.62. The number of rotatable bonds is 9. The van der Waals surface area contributed by atoms with Crippen LogP contribution in [0.3, 0.4) is 0 Å². The molecule has 0 aliphatic rings. The summed E-state index contributed by atoms with van der Waals surface area (Å²) < 4.78 is 20.4. The Hall–Kier alpha value is -3.05.